The van der Waals surface area contributed by atoms with Crippen LogP contribution in [0.15, 0.2) is 35.2 Å². The van der Waals surface area contributed by atoms with Crippen LogP contribution in [-0.2, 0) is 17.1 Å². The van der Waals surface area contributed by atoms with Gasteiger partial charge in [-0.2, -0.15) is 9.82 Å². The molecule has 124 valence electrons. The van der Waals surface area contributed by atoms with Crippen LogP contribution < -0.4 is 4.72 Å². The van der Waals surface area contributed by atoms with Gasteiger partial charge in [-0.05, 0) is 27.7 Å². The fraction of sp³-hybridized carbons (Fsp3) is 0.375. The second kappa shape index (κ2) is 5.90. The van der Waals surface area contributed by atoms with E-state index in [-0.39, 0.29) is 10.7 Å². The summed E-state index contributed by atoms with van der Waals surface area (Å²) >= 11 is 0. The smallest absolute Gasteiger partial charge is 0.245 e. The van der Waals surface area contributed by atoms with Crippen molar-refractivity contribution in [1.29, 1.82) is 0 Å². The lowest BCUT2D eigenvalue weighted by Gasteiger charge is -2.24. The normalized spacial score (nSPS) is 12.4. The highest BCUT2D eigenvalue weighted by atomic mass is 32.2. The van der Waals surface area contributed by atoms with Crippen LogP contribution in [-0.4, -0.2) is 29.5 Å². The summed E-state index contributed by atoms with van der Waals surface area (Å²) in [6.45, 7) is 6.43. The fourth-order valence-electron chi connectivity index (χ4n) is 2.53. The van der Waals surface area contributed by atoms with Crippen molar-refractivity contribution >= 4 is 15.8 Å². The van der Waals surface area contributed by atoms with Crippen molar-refractivity contribution in [3.05, 3.63) is 47.3 Å². The number of ketones is 1. The number of carbonyl (C=O) groups is 1. The quantitative estimate of drug-likeness (QED) is 0.847. The molecular weight excluding hydrogens is 314 g/mol. The van der Waals surface area contributed by atoms with Gasteiger partial charge in [-0.1, -0.05) is 30.3 Å². The molecule has 0 amide bonds. The molecule has 1 aromatic carbocycles. The van der Waals surface area contributed by atoms with E-state index in [1.54, 1.807) is 65.1 Å². The number of aryl methyl sites for hydroxylation is 2. The van der Waals surface area contributed by atoms with Gasteiger partial charge in [-0.3, -0.25) is 9.48 Å². The molecule has 0 fully saturated rings. The summed E-state index contributed by atoms with van der Waals surface area (Å²) in [4.78, 5) is 12.7. The van der Waals surface area contributed by atoms with Crippen molar-refractivity contribution in [1.82, 2.24) is 14.5 Å². The summed E-state index contributed by atoms with van der Waals surface area (Å²) in [7, 11) is -2.18. The van der Waals surface area contributed by atoms with Crippen molar-refractivity contribution < 1.29 is 13.2 Å². The van der Waals surface area contributed by atoms with Crippen LogP contribution in [0.4, 0.5) is 0 Å². The van der Waals surface area contributed by atoms with Gasteiger partial charge in [-0.25, -0.2) is 8.42 Å². The number of hydrogen-bond acceptors (Lipinski definition) is 4. The summed E-state index contributed by atoms with van der Waals surface area (Å²) in [6.07, 6.45) is 0. The second-order valence-electron chi connectivity index (χ2n) is 6.05. The number of hydrogen-bond donors (Lipinski definition) is 1. The molecular formula is C16H21N3O3S. The Labute approximate surface area is 136 Å². The number of nitrogens with zero attached hydrogens (tertiary/aromatic N) is 2. The highest BCUT2D eigenvalue weighted by Gasteiger charge is 2.36. The molecule has 1 N–H and O–H groups in total. The first-order valence-corrected chi connectivity index (χ1v) is 8.68. The molecule has 0 saturated carbocycles. The van der Waals surface area contributed by atoms with Gasteiger partial charge in [0.15, 0.2) is 5.78 Å². The first-order chi connectivity index (χ1) is 10.6. The average molecular weight is 335 g/mol. The Bertz CT molecular complexity index is 837. The first-order valence-electron chi connectivity index (χ1n) is 7.20. The molecule has 0 atom stereocenters. The van der Waals surface area contributed by atoms with Crippen LogP contribution in [0.5, 0.6) is 0 Å². The minimum Gasteiger partial charge on any atom is -0.292 e. The van der Waals surface area contributed by atoms with Crippen LogP contribution in [0.1, 0.15) is 35.6 Å². The van der Waals surface area contributed by atoms with E-state index in [0.717, 1.165) is 0 Å². The summed E-state index contributed by atoms with van der Waals surface area (Å²) in [5.41, 5.74) is 0.118. The monoisotopic (exact) mass is 335 g/mol. The highest BCUT2D eigenvalue weighted by molar-refractivity contribution is 7.89. The third kappa shape index (κ3) is 3.35. The maximum atomic E-state index is 12.7. The van der Waals surface area contributed by atoms with Crippen molar-refractivity contribution in [2.45, 2.75) is 38.1 Å². The molecule has 0 spiro atoms. The Morgan fingerprint density at radius 1 is 1.17 bits per heavy atom. The van der Waals surface area contributed by atoms with Gasteiger partial charge in [0.1, 0.15) is 4.90 Å². The van der Waals surface area contributed by atoms with Gasteiger partial charge in [0, 0.05) is 12.6 Å². The summed E-state index contributed by atoms with van der Waals surface area (Å²) in [5.74, 6) is -0.291. The Balaban J connectivity index is 2.38. The lowest BCUT2D eigenvalue weighted by atomic mass is 9.94. The first kappa shape index (κ1) is 17.4. The molecule has 0 aliphatic carbocycles. The number of aromatic nitrogens is 2. The van der Waals surface area contributed by atoms with Gasteiger partial charge in [0.25, 0.3) is 0 Å². The molecule has 0 saturated heterocycles. The molecule has 2 aromatic rings. The molecule has 0 unspecified atom stereocenters. The molecule has 7 heteroatoms. The van der Waals surface area contributed by atoms with E-state index in [9.17, 15) is 13.2 Å². The largest absolute Gasteiger partial charge is 0.292 e. The standard InChI is InChI=1S/C16H21N3O3S/c1-11-14(12(2)19(5)17-11)23(21,22)18-16(3,4)15(20)13-9-7-6-8-10-13/h6-10,18H,1-5H3. The van der Waals surface area contributed by atoms with E-state index < -0.39 is 15.6 Å². The number of benzene rings is 1. The van der Waals surface area contributed by atoms with Gasteiger partial charge in [-0.15, -0.1) is 0 Å². The molecule has 0 radical (unpaired) electrons. The van der Waals surface area contributed by atoms with E-state index in [2.05, 4.69) is 9.82 Å². The van der Waals surface area contributed by atoms with E-state index in [4.69, 9.17) is 0 Å². The fourth-order valence-corrected chi connectivity index (χ4v) is 4.34. The summed E-state index contributed by atoms with van der Waals surface area (Å²) in [5, 5.41) is 4.12. The number of carbonyl (C=O) groups excluding carboxylic acids is 1. The van der Waals surface area contributed by atoms with Gasteiger partial charge >= 0.3 is 0 Å². The molecule has 0 bridgehead atoms. The molecule has 2 rings (SSSR count). The zero-order chi connectivity index (χ0) is 17.4. The zero-order valence-corrected chi connectivity index (χ0v) is 14.7. The molecule has 1 heterocycles. The second-order valence-corrected chi connectivity index (χ2v) is 7.67. The molecule has 0 aliphatic rings. The number of nitrogens with one attached hydrogen (secondary N) is 1. The van der Waals surface area contributed by atoms with Gasteiger partial charge < -0.3 is 0 Å². The van der Waals surface area contributed by atoms with Crippen molar-refractivity contribution in [2.24, 2.45) is 7.05 Å². The topological polar surface area (TPSA) is 81.1 Å². The third-order valence-corrected chi connectivity index (χ3v) is 5.61. The molecule has 0 aliphatic heterocycles. The Morgan fingerprint density at radius 2 is 1.74 bits per heavy atom. The maximum Gasteiger partial charge on any atom is 0.245 e. The van der Waals surface area contributed by atoms with E-state index in [1.165, 1.54) is 4.68 Å². The van der Waals surface area contributed by atoms with Gasteiger partial charge in [0.2, 0.25) is 10.0 Å². The van der Waals surface area contributed by atoms with Crippen molar-refractivity contribution in [3.8, 4) is 0 Å². The van der Waals surface area contributed by atoms with Crippen LogP contribution in [0, 0.1) is 13.8 Å². The maximum absolute atomic E-state index is 12.7. The van der Waals surface area contributed by atoms with Crippen molar-refractivity contribution in [2.75, 3.05) is 0 Å². The van der Waals surface area contributed by atoms with E-state index in [0.29, 0.717) is 17.0 Å². The predicted octanol–water partition coefficient (Wildman–Crippen LogP) is 1.98. The highest BCUT2D eigenvalue weighted by Crippen LogP contribution is 2.22. The Morgan fingerprint density at radius 3 is 2.22 bits per heavy atom. The van der Waals surface area contributed by atoms with Gasteiger partial charge in [0.05, 0.1) is 16.9 Å². The minimum atomic E-state index is -3.87. The number of rotatable bonds is 5. The van der Waals surface area contributed by atoms with E-state index in [1.807, 2.05) is 0 Å². The average Bonchev–Trinajstić information content (AvgIpc) is 2.71. The lowest BCUT2D eigenvalue weighted by Crippen LogP contribution is -2.49. The molecule has 6 nitrogen and oxygen atoms in total. The number of Topliss-reactive ketones (excluding diaryl/α,β-unsaturated/α-hetero) is 1. The van der Waals surface area contributed by atoms with E-state index >= 15 is 0 Å². The molecule has 23 heavy (non-hydrogen) atoms. The SMILES string of the molecule is Cc1nn(C)c(C)c1S(=O)(=O)NC(C)(C)C(=O)c1ccccc1. The Kier molecular flexibility index (Phi) is 4.45. The zero-order valence-electron chi connectivity index (χ0n) is 13.9. The summed E-state index contributed by atoms with van der Waals surface area (Å²) in [6, 6.07) is 8.62. The van der Waals surface area contributed by atoms with Crippen LogP contribution in [0.3, 0.4) is 0 Å². The van der Waals surface area contributed by atoms with Crippen LogP contribution in [0.25, 0.3) is 0 Å². The number of sulfonamides is 1. The van der Waals surface area contributed by atoms with Crippen LogP contribution >= 0.6 is 0 Å². The van der Waals surface area contributed by atoms with Crippen molar-refractivity contribution in [3.63, 3.8) is 0 Å². The predicted molar refractivity (Wildman–Crippen MR) is 87.9 cm³/mol. The minimum absolute atomic E-state index is 0.119. The van der Waals surface area contributed by atoms with Crippen LogP contribution in [0.2, 0.25) is 0 Å². The Hall–Kier alpha value is -1.99. The molecule has 1 aromatic heterocycles. The lowest BCUT2D eigenvalue weighted by molar-refractivity contribution is 0.0901. The summed E-state index contributed by atoms with van der Waals surface area (Å²) < 4.78 is 29.5. The third-order valence-electron chi connectivity index (χ3n) is 3.70.